The SMILES string of the molecule is Cc1occc1CN(C)C(=O)N[C@@H]1CCN(C)[C@@H]1c1ccccc1. The Morgan fingerprint density at radius 1 is 1.33 bits per heavy atom. The van der Waals surface area contributed by atoms with Crippen molar-refractivity contribution in [3.63, 3.8) is 0 Å². The normalized spacial score (nSPS) is 21.0. The van der Waals surface area contributed by atoms with E-state index in [2.05, 4.69) is 29.4 Å². The molecule has 2 atom stereocenters. The van der Waals surface area contributed by atoms with E-state index in [1.807, 2.05) is 38.2 Å². The second kappa shape index (κ2) is 7.09. The molecule has 1 aromatic carbocycles. The Balaban J connectivity index is 1.65. The summed E-state index contributed by atoms with van der Waals surface area (Å²) in [6.07, 6.45) is 2.62. The lowest BCUT2D eigenvalue weighted by Gasteiger charge is -2.28. The molecule has 0 saturated carbocycles. The van der Waals surface area contributed by atoms with E-state index in [0.29, 0.717) is 6.54 Å². The minimum atomic E-state index is -0.0446. The number of urea groups is 1. The van der Waals surface area contributed by atoms with Crippen LogP contribution in [0.4, 0.5) is 4.79 Å². The molecule has 1 aromatic heterocycles. The number of carbonyl (C=O) groups is 1. The van der Waals surface area contributed by atoms with Gasteiger partial charge < -0.3 is 14.6 Å². The molecule has 1 aliphatic heterocycles. The molecule has 2 aromatic rings. The summed E-state index contributed by atoms with van der Waals surface area (Å²) in [5, 5.41) is 3.20. The van der Waals surface area contributed by atoms with Crippen molar-refractivity contribution in [2.45, 2.75) is 32.0 Å². The van der Waals surface area contributed by atoms with E-state index >= 15 is 0 Å². The van der Waals surface area contributed by atoms with Crippen LogP contribution in [-0.2, 0) is 6.54 Å². The van der Waals surface area contributed by atoms with Crippen molar-refractivity contribution < 1.29 is 9.21 Å². The Bertz CT molecular complexity index is 683. The van der Waals surface area contributed by atoms with E-state index in [-0.39, 0.29) is 18.1 Å². The Kier molecular flexibility index (Phi) is 4.90. The topological polar surface area (TPSA) is 48.7 Å². The Hall–Kier alpha value is -2.27. The maximum Gasteiger partial charge on any atom is 0.317 e. The second-order valence-corrected chi connectivity index (χ2v) is 6.54. The summed E-state index contributed by atoms with van der Waals surface area (Å²) in [7, 11) is 3.93. The predicted molar refractivity (Wildman–Crippen MR) is 93.7 cm³/mol. The van der Waals surface area contributed by atoms with Gasteiger partial charge in [-0.1, -0.05) is 30.3 Å². The number of carbonyl (C=O) groups excluding carboxylic acids is 1. The molecule has 1 N–H and O–H groups in total. The van der Waals surface area contributed by atoms with Gasteiger partial charge in [0.05, 0.1) is 24.9 Å². The van der Waals surface area contributed by atoms with Gasteiger partial charge in [-0.2, -0.15) is 0 Å². The van der Waals surface area contributed by atoms with Gasteiger partial charge in [0.1, 0.15) is 5.76 Å². The first-order valence-electron chi connectivity index (χ1n) is 8.36. The minimum Gasteiger partial charge on any atom is -0.469 e. The molecule has 2 heterocycles. The number of amides is 2. The Morgan fingerprint density at radius 3 is 2.75 bits per heavy atom. The highest BCUT2D eigenvalue weighted by atomic mass is 16.3. The van der Waals surface area contributed by atoms with Crippen LogP contribution >= 0.6 is 0 Å². The molecule has 24 heavy (non-hydrogen) atoms. The van der Waals surface area contributed by atoms with Crippen LogP contribution in [0.2, 0.25) is 0 Å². The van der Waals surface area contributed by atoms with Crippen LogP contribution in [0.1, 0.15) is 29.3 Å². The molecule has 0 radical (unpaired) electrons. The monoisotopic (exact) mass is 327 g/mol. The fourth-order valence-electron chi connectivity index (χ4n) is 3.41. The molecular formula is C19H25N3O2. The summed E-state index contributed by atoms with van der Waals surface area (Å²) >= 11 is 0. The number of nitrogens with zero attached hydrogens (tertiary/aromatic N) is 2. The predicted octanol–water partition coefficient (Wildman–Crippen LogP) is 3.17. The smallest absolute Gasteiger partial charge is 0.317 e. The van der Waals surface area contributed by atoms with Crippen LogP contribution in [0.3, 0.4) is 0 Å². The van der Waals surface area contributed by atoms with Crippen molar-refractivity contribution in [1.82, 2.24) is 15.1 Å². The number of likely N-dealkylation sites (tertiary alicyclic amines) is 1. The highest BCUT2D eigenvalue weighted by molar-refractivity contribution is 5.74. The van der Waals surface area contributed by atoms with Gasteiger partial charge in [-0.3, -0.25) is 4.90 Å². The van der Waals surface area contributed by atoms with Crippen molar-refractivity contribution in [1.29, 1.82) is 0 Å². The fraction of sp³-hybridized carbons (Fsp3) is 0.421. The Labute approximate surface area is 143 Å². The molecule has 1 fully saturated rings. The summed E-state index contributed by atoms with van der Waals surface area (Å²) in [6, 6.07) is 12.6. The molecule has 1 saturated heterocycles. The number of benzene rings is 1. The number of hydrogen-bond donors (Lipinski definition) is 1. The second-order valence-electron chi connectivity index (χ2n) is 6.54. The third kappa shape index (κ3) is 3.46. The number of furan rings is 1. The molecule has 3 rings (SSSR count). The maximum absolute atomic E-state index is 12.6. The van der Waals surface area contributed by atoms with Crippen LogP contribution < -0.4 is 5.32 Å². The summed E-state index contributed by atoms with van der Waals surface area (Å²) < 4.78 is 5.30. The van der Waals surface area contributed by atoms with Gasteiger partial charge in [-0.15, -0.1) is 0 Å². The van der Waals surface area contributed by atoms with Crippen molar-refractivity contribution in [2.75, 3.05) is 20.6 Å². The summed E-state index contributed by atoms with van der Waals surface area (Å²) in [5.41, 5.74) is 2.28. The Morgan fingerprint density at radius 2 is 2.08 bits per heavy atom. The van der Waals surface area contributed by atoms with Crippen LogP contribution in [0.15, 0.2) is 47.1 Å². The number of aryl methyl sites for hydroxylation is 1. The fourth-order valence-corrected chi connectivity index (χ4v) is 3.41. The third-order valence-electron chi connectivity index (χ3n) is 4.82. The van der Waals surface area contributed by atoms with Crippen LogP contribution in [0, 0.1) is 6.92 Å². The van der Waals surface area contributed by atoms with Crippen molar-refractivity contribution >= 4 is 6.03 Å². The van der Waals surface area contributed by atoms with Crippen LogP contribution in [0.25, 0.3) is 0 Å². The zero-order chi connectivity index (χ0) is 17.1. The standard InChI is InChI=1S/C19H25N3O2/c1-14-16(10-12-24-14)13-22(3)19(23)20-17-9-11-21(2)18(17)15-7-5-4-6-8-15/h4-8,10,12,17-18H,9,11,13H2,1-3H3,(H,20,23)/t17-,18-/m1/s1. The first kappa shape index (κ1) is 16.6. The first-order chi connectivity index (χ1) is 11.6. The van der Waals surface area contributed by atoms with E-state index in [4.69, 9.17) is 4.42 Å². The lowest BCUT2D eigenvalue weighted by atomic mass is 10.0. The number of nitrogens with one attached hydrogen (secondary N) is 1. The van der Waals surface area contributed by atoms with Crippen LogP contribution in [-0.4, -0.2) is 42.5 Å². The van der Waals surface area contributed by atoms with Crippen molar-refractivity contribution in [3.05, 3.63) is 59.5 Å². The number of rotatable bonds is 4. The molecule has 0 unspecified atom stereocenters. The lowest BCUT2D eigenvalue weighted by Crippen LogP contribution is -2.45. The minimum absolute atomic E-state index is 0.0446. The average Bonchev–Trinajstić information content (AvgIpc) is 3.14. The van der Waals surface area contributed by atoms with Gasteiger partial charge in [-0.25, -0.2) is 4.79 Å². The zero-order valence-corrected chi connectivity index (χ0v) is 14.5. The van der Waals surface area contributed by atoms with Crippen molar-refractivity contribution in [2.24, 2.45) is 0 Å². The molecule has 1 aliphatic rings. The molecule has 128 valence electrons. The van der Waals surface area contributed by atoms with Gasteiger partial charge >= 0.3 is 6.03 Å². The lowest BCUT2D eigenvalue weighted by molar-refractivity contribution is 0.197. The highest BCUT2D eigenvalue weighted by Crippen LogP contribution is 2.30. The molecule has 5 nitrogen and oxygen atoms in total. The van der Waals surface area contributed by atoms with E-state index in [0.717, 1.165) is 24.3 Å². The highest BCUT2D eigenvalue weighted by Gasteiger charge is 2.34. The molecule has 0 bridgehead atoms. The number of likely N-dealkylation sites (N-methyl/N-ethyl adjacent to an activating group) is 1. The van der Waals surface area contributed by atoms with Gasteiger partial charge in [0.25, 0.3) is 0 Å². The van der Waals surface area contributed by atoms with E-state index < -0.39 is 0 Å². The number of hydrogen-bond acceptors (Lipinski definition) is 3. The molecule has 5 heteroatoms. The average molecular weight is 327 g/mol. The summed E-state index contributed by atoms with van der Waals surface area (Å²) in [5.74, 6) is 0.859. The third-order valence-corrected chi connectivity index (χ3v) is 4.82. The summed E-state index contributed by atoms with van der Waals surface area (Å²) in [6.45, 7) is 3.44. The first-order valence-corrected chi connectivity index (χ1v) is 8.36. The maximum atomic E-state index is 12.6. The zero-order valence-electron chi connectivity index (χ0n) is 14.5. The molecule has 0 aliphatic carbocycles. The van der Waals surface area contributed by atoms with E-state index in [9.17, 15) is 4.79 Å². The summed E-state index contributed by atoms with van der Waals surface area (Å²) in [4.78, 5) is 16.6. The van der Waals surface area contributed by atoms with Crippen LogP contribution in [0.5, 0.6) is 0 Å². The van der Waals surface area contributed by atoms with Gasteiger partial charge in [0, 0.05) is 19.2 Å². The molecular weight excluding hydrogens is 302 g/mol. The van der Waals surface area contributed by atoms with E-state index in [1.54, 1.807) is 11.2 Å². The molecule has 0 spiro atoms. The molecule has 2 amide bonds. The van der Waals surface area contributed by atoms with Crippen molar-refractivity contribution in [3.8, 4) is 0 Å². The largest absolute Gasteiger partial charge is 0.469 e. The van der Waals surface area contributed by atoms with Gasteiger partial charge in [0.2, 0.25) is 0 Å². The van der Waals surface area contributed by atoms with E-state index in [1.165, 1.54) is 5.56 Å². The van der Waals surface area contributed by atoms with Gasteiger partial charge in [-0.05, 0) is 32.0 Å². The van der Waals surface area contributed by atoms with Gasteiger partial charge in [0.15, 0.2) is 0 Å². The quantitative estimate of drug-likeness (QED) is 0.938.